The first-order valence-electron chi connectivity index (χ1n) is 5.09. The van der Waals surface area contributed by atoms with Gasteiger partial charge in [0.15, 0.2) is 0 Å². The SMILES string of the molecule is CN(CCS(C)(=O)=O)C(=O)c1cccc(Br)c1F. The third-order valence-electron chi connectivity index (χ3n) is 2.33. The minimum atomic E-state index is -3.15. The van der Waals surface area contributed by atoms with Crippen LogP contribution in [0.2, 0.25) is 0 Å². The first-order valence-corrected chi connectivity index (χ1v) is 7.95. The van der Waals surface area contributed by atoms with Crippen molar-refractivity contribution in [1.82, 2.24) is 4.90 Å². The molecular formula is C11H13BrFNO3S. The van der Waals surface area contributed by atoms with E-state index < -0.39 is 21.6 Å². The molecule has 0 unspecified atom stereocenters. The van der Waals surface area contributed by atoms with Gasteiger partial charge in [-0.2, -0.15) is 0 Å². The summed E-state index contributed by atoms with van der Waals surface area (Å²) in [6, 6.07) is 4.40. The van der Waals surface area contributed by atoms with E-state index in [0.29, 0.717) is 0 Å². The fraction of sp³-hybridized carbons (Fsp3) is 0.364. The van der Waals surface area contributed by atoms with Crippen molar-refractivity contribution in [2.24, 2.45) is 0 Å². The lowest BCUT2D eigenvalue weighted by molar-refractivity contribution is 0.0798. The van der Waals surface area contributed by atoms with Crippen LogP contribution < -0.4 is 0 Å². The van der Waals surface area contributed by atoms with Gasteiger partial charge in [0.25, 0.3) is 5.91 Å². The Morgan fingerprint density at radius 3 is 2.61 bits per heavy atom. The maximum absolute atomic E-state index is 13.7. The van der Waals surface area contributed by atoms with Crippen LogP contribution in [0, 0.1) is 5.82 Å². The summed E-state index contributed by atoms with van der Waals surface area (Å²) in [6.45, 7) is 0.0314. The predicted molar refractivity (Wildman–Crippen MR) is 70.8 cm³/mol. The number of halogens is 2. The second kappa shape index (κ2) is 5.79. The Labute approximate surface area is 114 Å². The molecule has 0 fully saturated rings. The van der Waals surface area contributed by atoms with Crippen molar-refractivity contribution in [3.8, 4) is 0 Å². The topological polar surface area (TPSA) is 54.5 Å². The summed E-state index contributed by atoms with van der Waals surface area (Å²) in [5, 5.41) is 0. The summed E-state index contributed by atoms with van der Waals surface area (Å²) in [6.07, 6.45) is 1.09. The fourth-order valence-corrected chi connectivity index (χ4v) is 2.25. The summed E-state index contributed by atoms with van der Waals surface area (Å²) in [7, 11) is -1.71. The largest absolute Gasteiger partial charge is 0.341 e. The zero-order valence-corrected chi connectivity index (χ0v) is 12.4. The molecule has 0 aromatic heterocycles. The van der Waals surface area contributed by atoms with Gasteiger partial charge < -0.3 is 4.90 Å². The van der Waals surface area contributed by atoms with E-state index in [-0.39, 0.29) is 22.3 Å². The van der Waals surface area contributed by atoms with Crippen molar-refractivity contribution in [1.29, 1.82) is 0 Å². The summed E-state index contributed by atoms with van der Waals surface area (Å²) >= 11 is 2.99. The molecule has 0 atom stereocenters. The average molecular weight is 338 g/mol. The molecule has 0 aliphatic rings. The molecule has 0 bridgehead atoms. The fourth-order valence-electron chi connectivity index (χ4n) is 1.28. The van der Waals surface area contributed by atoms with Crippen molar-refractivity contribution in [2.45, 2.75) is 0 Å². The highest BCUT2D eigenvalue weighted by Crippen LogP contribution is 2.19. The lowest BCUT2D eigenvalue weighted by atomic mass is 10.2. The highest BCUT2D eigenvalue weighted by atomic mass is 79.9. The van der Waals surface area contributed by atoms with E-state index in [4.69, 9.17) is 0 Å². The van der Waals surface area contributed by atoms with Gasteiger partial charge in [-0.3, -0.25) is 4.79 Å². The van der Waals surface area contributed by atoms with Gasteiger partial charge in [-0.25, -0.2) is 12.8 Å². The number of nitrogens with zero attached hydrogens (tertiary/aromatic N) is 1. The summed E-state index contributed by atoms with van der Waals surface area (Å²) in [4.78, 5) is 13.1. The Kier molecular flexibility index (Phi) is 4.86. The van der Waals surface area contributed by atoms with Gasteiger partial charge in [0, 0.05) is 19.8 Å². The van der Waals surface area contributed by atoms with Gasteiger partial charge in [-0.15, -0.1) is 0 Å². The minimum absolute atomic E-state index is 0.0314. The standard InChI is InChI=1S/C11H13BrFNO3S/c1-14(6-7-18(2,16)17)11(15)8-4-3-5-9(12)10(8)13/h3-5H,6-7H2,1-2H3. The van der Waals surface area contributed by atoms with E-state index in [1.807, 2.05) is 0 Å². The van der Waals surface area contributed by atoms with Crippen molar-refractivity contribution < 1.29 is 17.6 Å². The maximum Gasteiger partial charge on any atom is 0.256 e. The van der Waals surface area contributed by atoms with Crippen LogP contribution in [0.15, 0.2) is 22.7 Å². The lowest BCUT2D eigenvalue weighted by Gasteiger charge is -2.17. The number of hydrogen-bond donors (Lipinski definition) is 0. The monoisotopic (exact) mass is 337 g/mol. The quantitative estimate of drug-likeness (QED) is 0.840. The average Bonchev–Trinajstić information content (AvgIpc) is 2.28. The van der Waals surface area contributed by atoms with Crippen molar-refractivity contribution in [3.63, 3.8) is 0 Å². The predicted octanol–water partition coefficient (Wildman–Crippen LogP) is 1.70. The van der Waals surface area contributed by atoms with Gasteiger partial charge in [0.1, 0.15) is 15.7 Å². The Hall–Kier alpha value is -0.950. The number of carbonyl (C=O) groups is 1. The molecule has 18 heavy (non-hydrogen) atoms. The first-order chi connectivity index (χ1) is 8.22. The summed E-state index contributed by atoms with van der Waals surface area (Å²) < 4.78 is 35.9. The Balaban J connectivity index is 2.84. The van der Waals surface area contributed by atoms with Crippen LogP contribution in [0.4, 0.5) is 4.39 Å². The molecule has 0 saturated heterocycles. The number of benzene rings is 1. The van der Waals surface area contributed by atoms with E-state index in [9.17, 15) is 17.6 Å². The Bertz CT molecular complexity index is 559. The first kappa shape index (κ1) is 15.1. The van der Waals surface area contributed by atoms with E-state index in [1.165, 1.54) is 24.1 Å². The Morgan fingerprint density at radius 2 is 2.06 bits per heavy atom. The molecule has 100 valence electrons. The molecule has 4 nitrogen and oxygen atoms in total. The van der Waals surface area contributed by atoms with E-state index in [1.54, 1.807) is 6.07 Å². The highest BCUT2D eigenvalue weighted by molar-refractivity contribution is 9.10. The molecule has 0 spiro atoms. The molecule has 0 heterocycles. The van der Waals surface area contributed by atoms with Crippen LogP contribution in [-0.4, -0.2) is 44.8 Å². The van der Waals surface area contributed by atoms with Gasteiger partial charge >= 0.3 is 0 Å². The molecule has 1 rings (SSSR count). The minimum Gasteiger partial charge on any atom is -0.341 e. The zero-order valence-electron chi connectivity index (χ0n) is 9.98. The molecule has 0 aliphatic heterocycles. The molecule has 1 aromatic carbocycles. The van der Waals surface area contributed by atoms with Gasteiger partial charge in [0.2, 0.25) is 0 Å². The van der Waals surface area contributed by atoms with E-state index in [0.717, 1.165) is 6.26 Å². The summed E-state index contributed by atoms with van der Waals surface area (Å²) in [5.41, 5.74) is -0.0830. The number of sulfone groups is 1. The van der Waals surface area contributed by atoms with Crippen LogP contribution in [0.25, 0.3) is 0 Å². The molecule has 0 saturated carbocycles. The molecule has 0 N–H and O–H groups in total. The second-order valence-electron chi connectivity index (χ2n) is 3.96. The number of rotatable bonds is 4. The number of amides is 1. The van der Waals surface area contributed by atoms with Gasteiger partial charge in [-0.1, -0.05) is 6.07 Å². The molecule has 0 radical (unpaired) electrons. The Morgan fingerprint density at radius 1 is 1.44 bits per heavy atom. The second-order valence-corrected chi connectivity index (χ2v) is 7.07. The van der Waals surface area contributed by atoms with Crippen molar-refractivity contribution >= 4 is 31.7 Å². The van der Waals surface area contributed by atoms with Crippen LogP contribution in [0.1, 0.15) is 10.4 Å². The maximum atomic E-state index is 13.7. The molecule has 1 amide bonds. The molecule has 1 aromatic rings. The lowest BCUT2D eigenvalue weighted by Crippen LogP contribution is -2.32. The van der Waals surface area contributed by atoms with E-state index >= 15 is 0 Å². The van der Waals surface area contributed by atoms with Crippen LogP contribution >= 0.6 is 15.9 Å². The van der Waals surface area contributed by atoms with Crippen LogP contribution in [0.3, 0.4) is 0 Å². The molecule has 7 heteroatoms. The normalized spacial score (nSPS) is 11.3. The van der Waals surface area contributed by atoms with Crippen molar-refractivity contribution in [2.75, 3.05) is 25.6 Å². The number of carbonyl (C=O) groups excluding carboxylic acids is 1. The van der Waals surface area contributed by atoms with Crippen molar-refractivity contribution in [3.05, 3.63) is 34.1 Å². The van der Waals surface area contributed by atoms with Gasteiger partial charge in [-0.05, 0) is 28.1 Å². The number of hydrogen-bond acceptors (Lipinski definition) is 3. The van der Waals surface area contributed by atoms with Gasteiger partial charge in [0.05, 0.1) is 15.8 Å². The molecule has 0 aliphatic carbocycles. The smallest absolute Gasteiger partial charge is 0.256 e. The summed E-state index contributed by atoms with van der Waals surface area (Å²) in [5.74, 6) is -1.34. The highest BCUT2D eigenvalue weighted by Gasteiger charge is 2.18. The molecular weight excluding hydrogens is 325 g/mol. The third-order valence-corrected chi connectivity index (χ3v) is 3.86. The van der Waals surface area contributed by atoms with Crippen LogP contribution in [-0.2, 0) is 9.84 Å². The third kappa shape index (κ3) is 4.06. The zero-order chi connectivity index (χ0) is 13.9. The van der Waals surface area contributed by atoms with E-state index in [2.05, 4.69) is 15.9 Å². The van der Waals surface area contributed by atoms with Crippen LogP contribution in [0.5, 0.6) is 0 Å².